The normalized spacial score (nSPS) is 11.1. The molecule has 2 N–H and O–H groups in total. The Balaban J connectivity index is 1.59. The van der Waals surface area contributed by atoms with E-state index in [1.54, 1.807) is 10.9 Å². The lowest BCUT2D eigenvalue weighted by Crippen LogP contribution is -2.28. The summed E-state index contributed by atoms with van der Waals surface area (Å²) in [7, 11) is 0. The molecule has 3 aromatic heterocycles. The van der Waals surface area contributed by atoms with Crippen molar-refractivity contribution < 1.29 is 4.79 Å². The van der Waals surface area contributed by atoms with Crippen molar-refractivity contribution in [3.63, 3.8) is 0 Å². The third kappa shape index (κ3) is 3.47. The number of rotatable bonds is 4. The monoisotopic (exact) mass is 313 g/mol. The lowest BCUT2D eigenvalue weighted by atomic mass is 10.3. The van der Waals surface area contributed by atoms with Crippen molar-refractivity contribution in [2.45, 2.75) is 33.4 Å². The number of fused-ring (bicyclic) bond motifs is 1. The molecule has 2 amide bonds. The number of anilines is 1. The summed E-state index contributed by atoms with van der Waals surface area (Å²) in [6, 6.07) is 3.81. The SMILES string of the molecule is Cc1ccc2nc(CNC(=O)Nc3cn(C(C)C)nn3)cn2c1. The predicted octanol–water partition coefficient (Wildman–Crippen LogP) is 2.14. The van der Waals surface area contributed by atoms with E-state index in [9.17, 15) is 4.79 Å². The Morgan fingerprint density at radius 2 is 2.09 bits per heavy atom. The summed E-state index contributed by atoms with van der Waals surface area (Å²) < 4.78 is 3.62. The molecule has 0 aliphatic rings. The fourth-order valence-electron chi connectivity index (χ4n) is 2.16. The summed E-state index contributed by atoms with van der Waals surface area (Å²) in [4.78, 5) is 16.3. The molecule has 0 aliphatic heterocycles. The Morgan fingerprint density at radius 1 is 1.26 bits per heavy atom. The summed E-state index contributed by atoms with van der Waals surface area (Å²) in [6.07, 6.45) is 5.59. The van der Waals surface area contributed by atoms with Gasteiger partial charge in [-0.05, 0) is 32.4 Å². The van der Waals surface area contributed by atoms with Gasteiger partial charge in [-0.15, -0.1) is 5.10 Å². The second-order valence-corrected chi connectivity index (χ2v) is 5.69. The molecule has 0 saturated heterocycles. The topological polar surface area (TPSA) is 89.1 Å². The number of amides is 2. The van der Waals surface area contributed by atoms with E-state index in [0.29, 0.717) is 12.4 Å². The molecule has 0 atom stereocenters. The van der Waals surface area contributed by atoms with Gasteiger partial charge in [-0.2, -0.15) is 0 Å². The number of aromatic nitrogens is 5. The first-order valence-electron chi connectivity index (χ1n) is 7.42. The van der Waals surface area contributed by atoms with E-state index in [-0.39, 0.29) is 12.1 Å². The Labute approximate surface area is 133 Å². The van der Waals surface area contributed by atoms with Crippen LogP contribution in [0, 0.1) is 6.92 Å². The molecule has 0 saturated carbocycles. The van der Waals surface area contributed by atoms with Gasteiger partial charge in [0.15, 0.2) is 5.82 Å². The minimum atomic E-state index is -0.339. The molecule has 0 fully saturated rings. The number of aryl methyl sites for hydroxylation is 1. The number of urea groups is 1. The molecule has 3 rings (SSSR count). The summed E-state index contributed by atoms with van der Waals surface area (Å²) in [5.74, 6) is 0.418. The average Bonchev–Trinajstić information content (AvgIpc) is 3.11. The minimum Gasteiger partial charge on any atom is -0.332 e. The fraction of sp³-hybridized carbons (Fsp3) is 0.333. The van der Waals surface area contributed by atoms with Crippen molar-refractivity contribution in [3.8, 4) is 0 Å². The predicted molar refractivity (Wildman–Crippen MR) is 86.2 cm³/mol. The summed E-state index contributed by atoms with van der Waals surface area (Å²) in [6.45, 7) is 6.34. The maximum Gasteiger partial charge on any atom is 0.320 e. The molecule has 0 radical (unpaired) electrons. The van der Waals surface area contributed by atoms with Gasteiger partial charge in [0.1, 0.15) is 5.65 Å². The summed E-state index contributed by atoms with van der Waals surface area (Å²) in [5.41, 5.74) is 2.80. The number of hydrogen-bond donors (Lipinski definition) is 2. The number of hydrogen-bond acceptors (Lipinski definition) is 4. The molecule has 0 spiro atoms. The van der Waals surface area contributed by atoms with E-state index in [1.807, 2.05) is 49.7 Å². The molecule has 0 unspecified atom stereocenters. The maximum absolute atomic E-state index is 11.9. The zero-order chi connectivity index (χ0) is 16.4. The van der Waals surface area contributed by atoms with Gasteiger partial charge in [-0.3, -0.25) is 5.32 Å². The summed E-state index contributed by atoms with van der Waals surface area (Å²) >= 11 is 0. The van der Waals surface area contributed by atoms with Gasteiger partial charge in [0, 0.05) is 18.4 Å². The van der Waals surface area contributed by atoms with Gasteiger partial charge in [0.05, 0.1) is 18.4 Å². The lowest BCUT2D eigenvalue weighted by molar-refractivity contribution is 0.251. The molecule has 3 heterocycles. The van der Waals surface area contributed by atoms with Crippen LogP contribution in [-0.4, -0.2) is 30.4 Å². The van der Waals surface area contributed by atoms with Crippen LogP contribution in [0.5, 0.6) is 0 Å². The van der Waals surface area contributed by atoms with E-state index >= 15 is 0 Å². The van der Waals surface area contributed by atoms with Crippen LogP contribution in [0.4, 0.5) is 10.6 Å². The molecule has 120 valence electrons. The summed E-state index contributed by atoms with van der Waals surface area (Å²) in [5, 5.41) is 13.2. The first kappa shape index (κ1) is 15.0. The van der Waals surface area contributed by atoms with Crippen molar-refractivity contribution in [2.75, 3.05) is 5.32 Å². The van der Waals surface area contributed by atoms with Gasteiger partial charge in [-0.1, -0.05) is 11.3 Å². The van der Waals surface area contributed by atoms with Crippen LogP contribution in [0.15, 0.2) is 30.7 Å². The van der Waals surface area contributed by atoms with Crippen LogP contribution < -0.4 is 10.6 Å². The van der Waals surface area contributed by atoms with E-state index in [1.165, 1.54) is 0 Å². The van der Waals surface area contributed by atoms with E-state index in [2.05, 4.69) is 25.9 Å². The van der Waals surface area contributed by atoms with Crippen molar-refractivity contribution in [2.24, 2.45) is 0 Å². The van der Waals surface area contributed by atoms with Gasteiger partial charge >= 0.3 is 6.03 Å². The largest absolute Gasteiger partial charge is 0.332 e. The number of carbonyl (C=O) groups excluding carboxylic acids is 1. The van der Waals surface area contributed by atoms with Crippen molar-refractivity contribution in [1.82, 2.24) is 29.7 Å². The highest BCUT2D eigenvalue weighted by atomic mass is 16.2. The fourth-order valence-corrected chi connectivity index (χ4v) is 2.16. The zero-order valence-corrected chi connectivity index (χ0v) is 13.3. The number of nitrogens with zero attached hydrogens (tertiary/aromatic N) is 5. The van der Waals surface area contributed by atoms with Crippen LogP contribution in [0.25, 0.3) is 5.65 Å². The number of pyridine rings is 1. The molecular formula is C15H19N7O. The standard InChI is InChI=1S/C15H19N7O/c1-10(2)22-9-13(19-20-22)18-15(23)16-6-12-8-21-7-11(3)4-5-14(21)17-12/h4-5,7-10H,6H2,1-3H3,(H2,16,18,23). The number of imidazole rings is 1. The maximum atomic E-state index is 11.9. The van der Waals surface area contributed by atoms with Crippen LogP contribution in [0.3, 0.4) is 0 Å². The number of carbonyl (C=O) groups is 1. The molecule has 0 aromatic carbocycles. The first-order chi connectivity index (χ1) is 11.0. The highest BCUT2D eigenvalue weighted by molar-refractivity contribution is 5.87. The molecule has 8 nitrogen and oxygen atoms in total. The molecule has 0 bridgehead atoms. The first-order valence-corrected chi connectivity index (χ1v) is 7.42. The Bertz CT molecular complexity index is 833. The Morgan fingerprint density at radius 3 is 2.83 bits per heavy atom. The van der Waals surface area contributed by atoms with Gasteiger partial charge in [0.2, 0.25) is 0 Å². The minimum absolute atomic E-state index is 0.197. The Kier molecular flexibility index (Phi) is 3.96. The van der Waals surface area contributed by atoms with Crippen molar-refractivity contribution in [3.05, 3.63) is 42.0 Å². The third-order valence-corrected chi connectivity index (χ3v) is 3.36. The van der Waals surface area contributed by atoms with Gasteiger partial charge in [-0.25, -0.2) is 14.5 Å². The Hall–Kier alpha value is -2.90. The lowest BCUT2D eigenvalue weighted by Gasteiger charge is -2.03. The molecular weight excluding hydrogens is 294 g/mol. The van der Waals surface area contributed by atoms with Crippen molar-refractivity contribution >= 4 is 17.5 Å². The quantitative estimate of drug-likeness (QED) is 0.772. The highest BCUT2D eigenvalue weighted by Gasteiger charge is 2.08. The molecule has 3 aromatic rings. The van der Waals surface area contributed by atoms with Gasteiger partial charge in [0.25, 0.3) is 0 Å². The molecule has 23 heavy (non-hydrogen) atoms. The van der Waals surface area contributed by atoms with Crippen LogP contribution in [0.2, 0.25) is 0 Å². The van der Waals surface area contributed by atoms with E-state index in [4.69, 9.17) is 0 Å². The molecule has 0 aliphatic carbocycles. The number of nitrogens with one attached hydrogen (secondary N) is 2. The van der Waals surface area contributed by atoms with E-state index in [0.717, 1.165) is 16.9 Å². The second kappa shape index (κ2) is 6.07. The van der Waals surface area contributed by atoms with Crippen LogP contribution in [0.1, 0.15) is 31.1 Å². The van der Waals surface area contributed by atoms with Crippen LogP contribution in [-0.2, 0) is 6.54 Å². The average molecular weight is 313 g/mol. The van der Waals surface area contributed by atoms with Crippen molar-refractivity contribution in [1.29, 1.82) is 0 Å². The third-order valence-electron chi connectivity index (χ3n) is 3.36. The molecule has 8 heteroatoms. The van der Waals surface area contributed by atoms with Gasteiger partial charge < -0.3 is 9.72 Å². The van der Waals surface area contributed by atoms with Crippen LogP contribution >= 0.6 is 0 Å². The zero-order valence-electron chi connectivity index (χ0n) is 13.3. The smallest absolute Gasteiger partial charge is 0.320 e. The second-order valence-electron chi connectivity index (χ2n) is 5.69. The van der Waals surface area contributed by atoms with E-state index < -0.39 is 0 Å². The highest BCUT2D eigenvalue weighted by Crippen LogP contribution is 2.08.